The first-order valence-corrected chi connectivity index (χ1v) is 20.5. The van der Waals surface area contributed by atoms with E-state index in [1.165, 1.54) is 71.6 Å². The van der Waals surface area contributed by atoms with E-state index in [-0.39, 0.29) is 45.1 Å². The molecule has 4 amide bonds. The largest absolute Gasteiger partial charge is 0.388 e. The number of hydrogen-bond acceptors (Lipinski definition) is 14. The third-order valence-electron chi connectivity index (χ3n) is 10.7. The van der Waals surface area contributed by atoms with E-state index in [1.807, 2.05) is 0 Å². The lowest BCUT2D eigenvalue weighted by molar-refractivity contribution is -0.292. The quantitative estimate of drug-likeness (QED) is 0.0665. The van der Waals surface area contributed by atoms with Gasteiger partial charge in [-0.1, -0.05) is 57.8 Å². The topological polar surface area (TPSA) is 266 Å². The average molecular weight is 805 g/mol. The van der Waals surface area contributed by atoms with Crippen molar-refractivity contribution in [1.29, 1.82) is 0 Å². The number of nitrogens with zero attached hydrogens (tertiary/aromatic N) is 1. The number of carbonyl (C=O) groups is 4. The molecule has 0 radical (unpaired) electrons. The van der Waals surface area contributed by atoms with Crippen LogP contribution in [0.25, 0.3) is 0 Å². The van der Waals surface area contributed by atoms with E-state index in [1.54, 1.807) is 0 Å². The molecule has 2 saturated heterocycles. The van der Waals surface area contributed by atoms with Gasteiger partial charge in [-0.05, 0) is 39.0 Å². The minimum absolute atomic E-state index is 0.00528. The molecule has 3 aliphatic rings. The van der Waals surface area contributed by atoms with Gasteiger partial charge < -0.3 is 70.4 Å². The van der Waals surface area contributed by atoms with Crippen LogP contribution in [0, 0.1) is 5.92 Å². The molecular formula is C38H68N4O14. The molecule has 0 aromatic heterocycles. The Morgan fingerprint density at radius 1 is 0.571 bits per heavy atom. The number of rotatable bonds is 20. The number of nitrogens with one attached hydrogen (secondary N) is 3. The van der Waals surface area contributed by atoms with Crippen LogP contribution in [0.5, 0.6) is 0 Å². The van der Waals surface area contributed by atoms with Crippen molar-refractivity contribution in [2.45, 2.75) is 165 Å². The fraction of sp³-hybridized carbons (Fsp3) is 0.895. The minimum Gasteiger partial charge on any atom is -0.388 e. The molecule has 2 heterocycles. The number of aliphatic hydroxyl groups is 6. The first-order valence-electron chi connectivity index (χ1n) is 20.5. The first-order chi connectivity index (χ1) is 26.8. The molecule has 0 bridgehead atoms. The Kier molecular flexibility index (Phi) is 22.0. The number of hydrogen-bond donors (Lipinski definition) is 9. The van der Waals surface area contributed by atoms with Gasteiger partial charge in [-0.25, -0.2) is 0 Å². The zero-order valence-electron chi connectivity index (χ0n) is 33.1. The molecular weight excluding hydrogens is 736 g/mol. The standard InChI is InChI=1S/C38H68N4O14/c1-24-31(47)33(49)35(51)37(55-24)53-20-18-40-28(44)22-42(23-29(45)41-19-21-54-38-36(52)34(50)32(48)25(2)56-38)30(46)15-11-10-14-27(43)39-17-16-26-12-8-6-4-3-5-7-9-13-26/h24-26,31-38,47-52H,3-23H2,1-2H3,(H,39,43)(H,40,44)(H,41,45)/t24-,25-,31+,32+,33+,34+,35-,36-,37+,38+/m0/s1. The summed E-state index contributed by atoms with van der Waals surface area (Å²) >= 11 is 0. The van der Waals surface area contributed by atoms with E-state index < -0.39 is 92.2 Å². The molecule has 1 saturated carbocycles. The summed E-state index contributed by atoms with van der Waals surface area (Å²) in [6.45, 7) is 2.35. The predicted molar refractivity (Wildman–Crippen MR) is 200 cm³/mol. The molecule has 18 nitrogen and oxygen atoms in total. The Morgan fingerprint density at radius 2 is 1.00 bits per heavy atom. The molecule has 9 N–H and O–H groups in total. The fourth-order valence-electron chi connectivity index (χ4n) is 7.13. The molecule has 56 heavy (non-hydrogen) atoms. The maximum atomic E-state index is 13.3. The Balaban J connectivity index is 1.43. The lowest BCUT2D eigenvalue weighted by Crippen LogP contribution is -2.57. The minimum atomic E-state index is -1.51. The van der Waals surface area contributed by atoms with Crippen LogP contribution in [-0.2, 0) is 38.1 Å². The summed E-state index contributed by atoms with van der Waals surface area (Å²) in [5.74, 6) is -1.11. The van der Waals surface area contributed by atoms with Gasteiger partial charge in [0, 0.05) is 32.5 Å². The highest BCUT2D eigenvalue weighted by atomic mass is 16.7. The van der Waals surface area contributed by atoms with Crippen molar-refractivity contribution < 1.29 is 68.8 Å². The van der Waals surface area contributed by atoms with Crippen LogP contribution in [0.2, 0.25) is 0 Å². The summed E-state index contributed by atoms with van der Waals surface area (Å²) in [5, 5.41) is 68.1. The molecule has 2 aliphatic heterocycles. The summed E-state index contributed by atoms with van der Waals surface area (Å²) in [4.78, 5) is 52.6. The maximum absolute atomic E-state index is 13.3. The number of carbonyl (C=O) groups excluding carboxylic acids is 4. The van der Waals surface area contributed by atoms with Crippen LogP contribution in [0.15, 0.2) is 0 Å². The number of ether oxygens (including phenoxy) is 4. The summed E-state index contributed by atoms with van der Waals surface area (Å²) in [7, 11) is 0. The monoisotopic (exact) mass is 804 g/mol. The van der Waals surface area contributed by atoms with Crippen LogP contribution in [0.1, 0.15) is 104 Å². The van der Waals surface area contributed by atoms with Crippen molar-refractivity contribution in [2.75, 3.05) is 45.9 Å². The van der Waals surface area contributed by atoms with Crippen molar-refractivity contribution in [3.8, 4) is 0 Å². The van der Waals surface area contributed by atoms with Gasteiger partial charge in [-0.15, -0.1) is 0 Å². The molecule has 1 aliphatic carbocycles. The number of unbranched alkanes of at least 4 members (excludes halogenated alkanes) is 1. The highest BCUT2D eigenvalue weighted by molar-refractivity contribution is 5.89. The second-order valence-electron chi connectivity index (χ2n) is 15.3. The van der Waals surface area contributed by atoms with Crippen LogP contribution in [-0.4, -0.2) is 167 Å². The van der Waals surface area contributed by atoms with Gasteiger partial charge in [-0.3, -0.25) is 19.2 Å². The van der Waals surface area contributed by atoms with Crippen LogP contribution in [0.3, 0.4) is 0 Å². The Bertz CT molecular complexity index is 1120. The molecule has 0 unspecified atom stereocenters. The number of aliphatic hydroxyl groups excluding tert-OH is 6. The summed E-state index contributed by atoms with van der Waals surface area (Å²) in [5.41, 5.74) is 0. The van der Waals surface area contributed by atoms with Gasteiger partial charge in [0.2, 0.25) is 23.6 Å². The molecule has 10 atom stereocenters. The van der Waals surface area contributed by atoms with Crippen LogP contribution >= 0.6 is 0 Å². The van der Waals surface area contributed by atoms with Gasteiger partial charge in [0.25, 0.3) is 0 Å². The van der Waals surface area contributed by atoms with Gasteiger partial charge in [-0.2, -0.15) is 0 Å². The molecule has 0 aromatic rings. The van der Waals surface area contributed by atoms with Crippen molar-refractivity contribution in [1.82, 2.24) is 20.9 Å². The van der Waals surface area contributed by atoms with Gasteiger partial charge in [0.1, 0.15) is 49.7 Å². The zero-order valence-corrected chi connectivity index (χ0v) is 33.1. The van der Waals surface area contributed by atoms with Crippen molar-refractivity contribution in [2.24, 2.45) is 5.92 Å². The van der Waals surface area contributed by atoms with E-state index in [4.69, 9.17) is 18.9 Å². The second kappa shape index (κ2) is 25.8. The highest BCUT2D eigenvalue weighted by Gasteiger charge is 2.43. The average Bonchev–Trinajstić information content (AvgIpc) is 3.17. The van der Waals surface area contributed by atoms with E-state index >= 15 is 0 Å². The van der Waals surface area contributed by atoms with Crippen LogP contribution in [0.4, 0.5) is 0 Å². The van der Waals surface area contributed by atoms with Crippen molar-refractivity contribution in [3.63, 3.8) is 0 Å². The fourth-order valence-corrected chi connectivity index (χ4v) is 7.13. The van der Waals surface area contributed by atoms with E-state index in [0.29, 0.717) is 25.3 Å². The lowest BCUT2D eigenvalue weighted by atomic mass is 9.90. The van der Waals surface area contributed by atoms with Gasteiger partial charge in [0.15, 0.2) is 12.6 Å². The molecule has 0 spiro atoms. The smallest absolute Gasteiger partial charge is 0.239 e. The third-order valence-corrected chi connectivity index (χ3v) is 10.7. The summed E-state index contributed by atoms with van der Waals surface area (Å²) < 4.78 is 21.6. The number of amides is 4. The van der Waals surface area contributed by atoms with Gasteiger partial charge >= 0.3 is 0 Å². The highest BCUT2D eigenvalue weighted by Crippen LogP contribution is 2.24. The van der Waals surface area contributed by atoms with Crippen molar-refractivity contribution >= 4 is 23.6 Å². The SMILES string of the molecule is C[C@@H]1O[C@@H](OCCNC(=O)CN(CC(=O)NCCO[C@@H]2O[C@@H](C)[C@@H](O)[C@@H](O)[C@@H]2O)C(=O)CCCCC(=O)NCCC2CCCCCCCCC2)[C@@H](O)[C@H](O)[C@@H]1O. The first kappa shape index (κ1) is 47.9. The summed E-state index contributed by atoms with van der Waals surface area (Å²) in [6, 6.07) is 0. The molecule has 18 heteroatoms. The van der Waals surface area contributed by atoms with E-state index in [2.05, 4.69) is 16.0 Å². The Morgan fingerprint density at radius 3 is 1.48 bits per heavy atom. The van der Waals surface area contributed by atoms with Crippen LogP contribution < -0.4 is 16.0 Å². The molecule has 3 fully saturated rings. The zero-order chi connectivity index (χ0) is 41.0. The normalized spacial score (nSPS) is 30.6. The van der Waals surface area contributed by atoms with Crippen molar-refractivity contribution in [3.05, 3.63) is 0 Å². The summed E-state index contributed by atoms with van der Waals surface area (Å²) in [6.07, 6.45) is 0.807. The van der Waals surface area contributed by atoms with Gasteiger partial charge in [0.05, 0.1) is 25.4 Å². The second-order valence-corrected chi connectivity index (χ2v) is 15.3. The van der Waals surface area contributed by atoms with E-state index in [9.17, 15) is 49.8 Å². The predicted octanol–water partition coefficient (Wildman–Crippen LogP) is -1.06. The molecule has 324 valence electrons. The molecule has 0 aromatic carbocycles. The lowest BCUT2D eigenvalue weighted by Gasteiger charge is -2.38. The Hall–Kier alpha value is -2.52. The van der Waals surface area contributed by atoms with E-state index in [0.717, 1.165) is 11.3 Å². The Labute approximate surface area is 329 Å². The molecule has 3 rings (SSSR count). The maximum Gasteiger partial charge on any atom is 0.239 e. The third kappa shape index (κ3) is 16.8.